The Bertz CT molecular complexity index is 1230. The van der Waals surface area contributed by atoms with E-state index in [1.807, 2.05) is 46.8 Å². The summed E-state index contributed by atoms with van der Waals surface area (Å²) in [5.41, 5.74) is 1.97. The lowest BCUT2D eigenvalue weighted by Gasteiger charge is -2.27. The number of hydrogen-bond donors (Lipinski definition) is 0. The number of benzene rings is 1. The number of carbonyl (C=O) groups excluding carboxylic acids is 1. The molecular weight excluding hydrogens is 442 g/mol. The van der Waals surface area contributed by atoms with E-state index in [4.69, 9.17) is 11.6 Å². The smallest absolute Gasteiger partial charge is 0.264 e. The molecule has 0 N–H and O–H groups in total. The molecule has 1 atom stereocenters. The zero-order chi connectivity index (χ0) is 21.0. The van der Waals surface area contributed by atoms with Gasteiger partial charge >= 0.3 is 0 Å². The predicted molar refractivity (Wildman–Crippen MR) is 119 cm³/mol. The second-order valence-corrected chi connectivity index (χ2v) is 11.9. The third kappa shape index (κ3) is 3.76. The monoisotopic (exact) mass is 463 g/mol. The quantitative estimate of drug-likeness (QED) is 0.575. The standard InChI is InChI=1S/C21H22ClN3O3S2/c1-13-18-10-19(20(26)25(16-6-7-16)17-8-9-30(27,28)12-17)29-21(18)24(23-13)11-14-2-4-15(22)5-3-14/h2-5,10,16-17H,6-9,11-12H2,1H3. The van der Waals surface area contributed by atoms with E-state index in [1.165, 1.54) is 11.3 Å². The van der Waals surface area contributed by atoms with Gasteiger partial charge in [-0.2, -0.15) is 5.10 Å². The molecule has 2 aromatic heterocycles. The second-order valence-electron chi connectivity index (χ2n) is 8.20. The van der Waals surface area contributed by atoms with E-state index in [0.29, 0.717) is 22.9 Å². The Balaban J connectivity index is 1.45. The summed E-state index contributed by atoms with van der Waals surface area (Å²) in [4.78, 5) is 16.9. The lowest BCUT2D eigenvalue weighted by Crippen LogP contribution is -2.42. The molecule has 1 aliphatic heterocycles. The molecule has 1 aliphatic carbocycles. The van der Waals surface area contributed by atoms with Crippen LogP contribution in [0.25, 0.3) is 10.2 Å². The highest BCUT2D eigenvalue weighted by molar-refractivity contribution is 7.91. The van der Waals surface area contributed by atoms with Crippen molar-refractivity contribution in [3.05, 3.63) is 51.5 Å². The van der Waals surface area contributed by atoms with Gasteiger partial charge in [-0.15, -0.1) is 11.3 Å². The second kappa shape index (κ2) is 7.35. The Labute approximate surface area is 184 Å². The van der Waals surface area contributed by atoms with Crippen molar-refractivity contribution in [2.24, 2.45) is 0 Å². The van der Waals surface area contributed by atoms with E-state index in [0.717, 1.165) is 34.3 Å². The third-order valence-corrected chi connectivity index (χ3v) is 8.98. The SMILES string of the molecule is Cc1nn(Cc2ccc(Cl)cc2)c2sc(C(=O)N(C3CC3)C3CCS(=O)(=O)C3)cc12. The van der Waals surface area contributed by atoms with Crippen molar-refractivity contribution in [2.75, 3.05) is 11.5 Å². The van der Waals surface area contributed by atoms with Gasteiger partial charge in [0.05, 0.1) is 28.6 Å². The molecule has 158 valence electrons. The molecule has 0 bridgehead atoms. The van der Waals surface area contributed by atoms with Gasteiger partial charge in [-0.05, 0) is 49.9 Å². The molecule has 3 heterocycles. The van der Waals surface area contributed by atoms with Crippen LogP contribution in [0.4, 0.5) is 0 Å². The van der Waals surface area contributed by atoms with E-state index in [-0.39, 0.29) is 29.5 Å². The lowest BCUT2D eigenvalue weighted by atomic mass is 10.2. The van der Waals surface area contributed by atoms with Crippen molar-refractivity contribution >= 4 is 48.9 Å². The molecule has 1 saturated heterocycles. The first-order valence-electron chi connectivity index (χ1n) is 10.1. The highest BCUT2D eigenvalue weighted by Crippen LogP contribution is 2.36. The molecule has 5 rings (SSSR count). The summed E-state index contributed by atoms with van der Waals surface area (Å²) < 4.78 is 25.9. The molecule has 0 spiro atoms. The Morgan fingerprint density at radius 1 is 1.23 bits per heavy atom. The van der Waals surface area contributed by atoms with Crippen LogP contribution in [-0.4, -0.2) is 52.6 Å². The largest absolute Gasteiger partial charge is 0.331 e. The zero-order valence-corrected chi connectivity index (χ0v) is 18.9. The molecular formula is C21H22ClN3O3S2. The molecule has 1 aromatic carbocycles. The highest BCUT2D eigenvalue weighted by Gasteiger charge is 2.42. The maximum Gasteiger partial charge on any atom is 0.264 e. The van der Waals surface area contributed by atoms with Gasteiger partial charge in [0, 0.05) is 22.5 Å². The van der Waals surface area contributed by atoms with Crippen LogP contribution in [0.3, 0.4) is 0 Å². The van der Waals surface area contributed by atoms with E-state index in [2.05, 4.69) is 5.10 Å². The number of rotatable bonds is 5. The Kier molecular flexibility index (Phi) is 4.91. The van der Waals surface area contributed by atoms with Gasteiger partial charge in [0.25, 0.3) is 5.91 Å². The Morgan fingerprint density at radius 2 is 1.97 bits per heavy atom. The number of aryl methyl sites for hydroxylation is 1. The van der Waals surface area contributed by atoms with Crippen molar-refractivity contribution in [1.82, 2.24) is 14.7 Å². The number of hydrogen-bond acceptors (Lipinski definition) is 5. The van der Waals surface area contributed by atoms with Crippen molar-refractivity contribution in [2.45, 2.75) is 44.8 Å². The average Bonchev–Trinajstić information content (AvgIpc) is 3.20. The number of aromatic nitrogens is 2. The van der Waals surface area contributed by atoms with E-state index in [9.17, 15) is 13.2 Å². The normalized spacial score (nSPS) is 20.7. The molecule has 2 fully saturated rings. The fourth-order valence-corrected chi connectivity index (χ4v) is 7.14. The van der Waals surface area contributed by atoms with Gasteiger partial charge in [0.15, 0.2) is 9.84 Å². The molecule has 30 heavy (non-hydrogen) atoms. The Morgan fingerprint density at radius 3 is 2.60 bits per heavy atom. The van der Waals surface area contributed by atoms with Crippen molar-refractivity contribution in [3.8, 4) is 0 Å². The fraction of sp³-hybridized carbons (Fsp3) is 0.429. The molecule has 1 saturated carbocycles. The molecule has 0 radical (unpaired) electrons. The van der Waals surface area contributed by atoms with E-state index >= 15 is 0 Å². The maximum absolute atomic E-state index is 13.4. The molecule has 2 aliphatic rings. The van der Waals surface area contributed by atoms with Crippen molar-refractivity contribution in [1.29, 1.82) is 0 Å². The summed E-state index contributed by atoms with van der Waals surface area (Å²) >= 11 is 7.42. The summed E-state index contributed by atoms with van der Waals surface area (Å²) in [7, 11) is -3.04. The minimum atomic E-state index is -3.04. The predicted octanol–water partition coefficient (Wildman–Crippen LogP) is 3.90. The summed E-state index contributed by atoms with van der Waals surface area (Å²) in [6.45, 7) is 2.55. The number of thiophene rings is 1. The van der Waals surface area contributed by atoms with Gasteiger partial charge < -0.3 is 4.90 Å². The fourth-order valence-electron chi connectivity index (χ4n) is 4.19. The number of nitrogens with zero attached hydrogens (tertiary/aromatic N) is 3. The maximum atomic E-state index is 13.4. The first kappa shape index (κ1) is 20.0. The van der Waals surface area contributed by atoms with Crippen LogP contribution in [0.2, 0.25) is 5.02 Å². The van der Waals surface area contributed by atoms with Crippen LogP contribution in [0, 0.1) is 6.92 Å². The van der Waals surface area contributed by atoms with Crippen LogP contribution >= 0.6 is 22.9 Å². The number of amides is 1. The van der Waals surface area contributed by atoms with Gasteiger partial charge in [-0.3, -0.25) is 9.48 Å². The van der Waals surface area contributed by atoms with Gasteiger partial charge in [0.1, 0.15) is 4.83 Å². The third-order valence-electron chi connectivity index (χ3n) is 5.84. The molecule has 9 heteroatoms. The minimum Gasteiger partial charge on any atom is -0.331 e. The first-order chi connectivity index (χ1) is 14.3. The number of fused-ring (bicyclic) bond motifs is 1. The molecule has 3 aromatic rings. The van der Waals surface area contributed by atoms with E-state index in [1.54, 1.807) is 0 Å². The summed E-state index contributed by atoms with van der Waals surface area (Å²) in [6.07, 6.45) is 2.45. The zero-order valence-electron chi connectivity index (χ0n) is 16.5. The van der Waals surface area contributed by atoms with Gasteiger partial charge in [-0.25, -0.2) is 8.42 Å². The van der Waals surface area contributed by atoms with Crippen LogP contribution in [0.15, 0.2) is 30.3 Å². The molecule has 1 amide bonds. The minimum absolute atomic E-state index is 0.0433. The highest BCUT2D eigenvalue weighted by atomic mass is 35.5. The molecule has 1 unspecified atom stereocenters. The van der Waals surface area contributed by atoms with Crippen LogP contribution in [0.5, 0.6) is 0 Å². The van der Waals surface area contributed by atoms with Crippen molar-refractivity contribution in [3.63, 3.8) is 0 Å². The van der Waals surface area contributed by atoms with Crippen molar-refractivity contribution < 1.29 is 13.2 Å². The number of halogens is 1. The van der Waals surface area contributed by atoms with Gasteiger partial charge in [-0.1, -0.05) is 23.7 Å². The lowest BCUT2D eigenvalue weighted by molar-refractivity contribution is 0.0686. The van der Waals surface area contributed by atoms with Gasteiger partial charge in [0.2, 0.25) is 0 Å². The summed E-state index contributed by atoms with van der Waals surface area (Å²) in [5.74, 6) is 0.220. The summed E-state index contributed by atoms with van der Waals surface area (Å²) in [5, 5.41) is 6.32. The van der Waals surface area contributed by atoms with Crippen LogP contribution in [-0.2, 0) is 16.4 Å². The topological polar surface area (TPSA) is 72.3 Å². The molecule has 6 nitrogen and oxygen atoms in total. The first-order valence-corrected chi connectivity index (χ1v) is 13.1. The number of sulfone groups is 1. The Hall–Kier alpha value is -1.90. The van der Waals surface area contributed by atoms with E-state index < -0.39 is 9.84 Å². The average molecular weight is 464 g/mol. The van der Waals surface area contributed by atoms with Crippen LogP contribution < -0.4 is 0 Å². The summed E-state index contributed by atoms with van der Waals surface area (Å²) in [6, 6.07) is 9.55. The number of carbonyl (C=O) groups is 1. The van der Waals surface area contributed by atoms with Crippen LogP contribution in [0.1, 0.15) is 40.2 Å².